The van der Waals surface area contributed by atoms with Gasteiger partial charge in [0.1, 0.15) is 6.04 Å². The number of nitrogens with zero attached hydrogens (tertiary/aromatic N) is 1. The first kappa shape index (κ1) is 21.8. The zero-order chi connectivity index (χ0) is 20.8. The fourth-order valence-corrected chi connectivity index (χ4v) is 4.51. The molecule has 2 amide bonds. The van der Waals surface area contributed by atoms with Gasteiger partial charge in [-0.05, 0) is 74.5 Å². The molecule has 2 atom stereocenters. The van der Waals surface area contributed by atoms with Crippen molar-refractivity contribution in [3.8, 4) is 0 Å². The van der Waals surface area contributed by atoms with Gasteiger partial charge in [0, 0.05) is 22.0 Å². The molecule has 3 rings (SSSR count). The number of halogens is 1. The van der Waals surface area contributed by atoms with Gasteiger partial charge in [0.05, 0.1) is 6.04 Å². The van der Waals surface area contributed by atoms with Crippen LogP contribution >= 0.6 is 22.9 Å². The molecule has 1 aliphatic heterocycles. The highest BCUT2D eigenvalue weighted by molar-refractivity contribution is 7.10. The molecule has 5 nitrogen and oxygen atoms in total. The standard InChI is InChI=1S/C22H28ClN3O2S/c1-15-9-11-26(12-10-15)19(20-4-3-13-29-20)14-24-21(27)16(2)25-22(28)17-5-7-18(23)8-6-17/h3-8,13,15-16,19H,9-12,14H2,1-2H3,(H,24,27)(H,25,28). The Kier molecular flexibility index (Phi) is 7.70. The third kappa shape index (κ3) is 6.04. The minimum Gasteiger partial charge on any atom is -0.352 e. The predicted molar refractivity (Wildman–Crippen MR) is 118 cm³/mol. The second-order valence-electron chi connectivity index (χ2n) is 7.70. The van der Waals surface area contributed by atoms with E-state index in [2.05, 4.69) is 40.0 Å². The van der Waals surface area contributed by atoms with Crippen LogP contribution in [-0.4, -0.2) is 42.4 Å². The largest absolute Gasteiger partial charge is 0.352 e. The van der Waals surface area contributed by atoms with Gasteiger partial charge >= 0.3 is 0 Å². The highest BCUT2D eigenvalue weighted by Gasteiger charge is 2.26. The SMILES string of the molecule is CC1CCN(C(CNC(=O)C(C)NC(=O)c2ccc(Cl)cc2)c2cccs2)CC1. The molecule has 1 aromatic carbocycles. The van der Waals surface area contributed by atoms with Crippen LogP contribution in [0, 0.1) is 5.92 Å². The van der Waals surface area contributed by atoms with Gasteiger partial charge in [-0.3, -0.25) is 14.5 Å². The van der Waals surface area contributed by atoms with E-state index < -0.39 is 6.04 Å². The van der Waals surface area contributed by atoms with Crippen molar-refractivity contribution in [3.05, 3.63) is 57.2 Å². The number of likely N-dealkylation sites (tertiary alicyclic amines) is 1. The van der Waals surface area contributed by atoms with E-state index in [4.69, 9.17) is 11.6 Å². The number of thiophene rings is 1. The Balaban J connectivity index is 1.56. The summed E-state index contributed by atoms with van der Waals surface area (Å²) in [5.74, 6) is 0.288. The zero-order valence-corrected chi connectivity index (χ0v) is 18.4. The lowest BCUT2D eigenvalue weighted by molar-refractivity contribution is -0.122. The summed E-state index contributed by atoms with van der Waals surface area (Å²) in [5, 5.41) is 8.43. The Labute approximate surface area is 181 Å². The second-order valence-corrected chi connectivity index (χ2v) is 9.11. The van der Waals surface area contributed by atoms with Gasteiger partial charge < -0.3 is 10.6 Å². The van der Waals surface area contributed by atoms with Crippen LogP contribution in [0.15, 0.2) is 41.8 Å². The van der Waals surface area contributed by atoms with Crippen molar-refractivity contribution >= 4 is 34.8 Å². The second kappa shape index (κ2) is 10.2. The van der Waals surface area contributed by atoms with Gasteiger partial charge in [0.2, 0.25) is 5.91 Å². The molecule has 1 aliphatic rings. The first-order chi connectivity index (χ1) is 13.9. The van der Waals surface area contributed by atoms with Crippen LogP contribution in [0.4, 0.5) is 0 Å². The lowest BCUT2D eigenvalue weighted by Crippen LogP contribution is -2.48. The molecule has 1 aromatic heterocycles. The van der Waals surface area contributed by atoms with Crippen molar-refractivity contribution in [2.24, 2.45) is 5.92 Å². The summed E-state index contributed by atoms with van der Waals surface area (Å²) in [7, 11) is 0. The summed E-state index contributed by atoms with van der Waals surface area (Å²) in [6.45, 7) is 6.62. The molecular formula is C22H28ClN3O2S. The topological polar surface area (TPSA) is 61.4 Å². The third-order valence-corrected chi connectivity index (χ3v) is 6.67. The summed E-state index contributed by atoms with van der Waals surface area (Å²) in [5.41, 5.74) is 0.480. The molecule has 0 radical (unpaired) electrons. The normalized spacial score (nSPS) is 17.5. The molecule has 2 aromatic rings. The summed E-state index contributed by atoms with van der Waals surface area (Å²) in [6.07, 6.45) is 2.37. The molecule has 7 heteroatoms. The molecular weight excluding hydrogens is 406 g/mol. The molecule has 0 aliphatic carbocycles. The molecule has 2 heterocycles. The Hall–Kier alpha value is -1.89. The van der Waals surface area contributed by atoms with E-state index in [0.29, 0.717) is 17.1 Å². The molecule has 2 unspecified atom stereocenters. The van der Waals surface area contributed by atoms with Crippen LogP contribution in [0.3, 0.4) is 0 Å². The van der Waals surface area contributed by atoms with Gasteiger partial charge in [-0.25, -0.2) is 0 Å². The van der Waals surface area contributed by atoms with Gasteiger partial charge in [-0.2, -0.15) is 0 Å². The molecule has 0 saturated carbocycles. The van der Waals surface area contributed by atoms with E-state index in [0.717, 1.165) is 19.0 Å². The van der Waals surface area contributed by atoms with Crippen LogP contribution in [0.25, 0.3) is 0 Å². The quantitative estimate of drug-likeness (QED) is 0.690. The van der Waals surface area contributed by atoms with Crippen molar-refractivity contribution in [2.75, 3.05) is 19.6 Å². The van der Waals surface area contributed by atoms with Crippen LogP contribution in [0.5, 0.6) is 0 Å². The van der Waals surface area contributed by atoms with Gasteiger partial charge in [0.25, 0.3) is 5.91 Å². The Morgan fingerprint density at radius 1 is 1.21 bits per heavy atom. The van der Waals surface area contributed by atoms with E-state index in [-0.39, 0.29) is 17.9 Å². The zero-order valence-electron chi connectivity index (χ0n) is 16.9. The average Bonchev–Trinajstić information content (AvgIpc) is 3.24. The van der Waals surface area contributed by atoms with Gasteiger partial charge in [-0.15, -0.1) is 11.3 Å². The smallest absolute Gasteiger partial charge is 0.251 e. The lowest BCUT2D eigenvalue weighted by atomic mass is 9.97. The number of hydrogen-bond donors (Lipinski definition) is 2. The predicted octanol–water partition coefficient (Wildman–Crippen LogP) is 4.11. The van der Waals surface area contributed by atoms with E-state index in [1.54, 1.807) is 42.5 Å². The van der Waals surface area contributed by atoms with Gasteiger partial charge in [0.15, 0.2) is 0 Å². The number of piperidine rings is 1. The highest BCUT2D eigenvalue weighted by Crippen LogP contribution is 2.29. The molecule has 1 saturated heterocycles. The molecule has 0 bridgehead atoms. The molecule has 1 fully saturated rings. The maximum absolute atomic E-state index is 12.6. The Morgan fingerprint density at radius 2 is 1.90 bits per heavy atom. The highest BCUT2D eigenvalue weighted by atomic mass is 35.5. The van der Waals surface area contributed by atoms with Crippen LogP contribution < -0.4 is 10.6 Å². The first-order valence-corrected chi connectivity index (χ1v) is 11.3. The molecule has 29 heavy (non-hydrogen) atoms. The van der Waals surface area contributed by atoms with Crippen molar-refractivity contribution < 1.29 is 9.59 Å². The van der Waals surface area contributed by atoms with E-state index in [1.165, 1.54) is 17.7 Å². The fourth-order valence-electron chi connectivity index (χ4n) is 3.53. The molecule has 2 N–H and O–H groups in total. The number of carbonyl (C=O) groups is 2. The van der Waals surface area contributed by atoms with Crippen molar-refractivity contribution in [1.29, 1.82) is 0 Å². The number of carbonyl (C=O) groups excluding carboxylic acids is 2. The minimum atomic E-state index is -0.622. The Morgan fingerprint density at radius 3 is 2.52 bits per heavy atom. The third-order valence-electron chi connectivity index (χ3n) is 5.45. The summed E-state index contributed by atoms with van der Waals surface area (Å²) >= 11 is 7.58. The van der Waals surface area contributed by atoms with E-state index >= 15 is 0 Å². The Bertz CT molecular complexity index is 802. The van der Waals surface area contributed by atoms with E-state index in [1.807, 2.05) is 0 Å². The summed E-state index contributed by atoms with van der Waals surface area (Å²) < 4.78 is 0. The summed E-state index contributed by atoms with van der Waals surface area (Å²) in [6, 6.07) is 10.3. The average molecular weight is 434 g/mol. The monoisotopic (exact) mass is 433 g/mol. The number of nitrogens with one attached hydrogen (secondary N) is 2. The fraction of sp³-hybridized carbons (Fsp3) is 0.455. The minimum absolute atomic E-state index is 0.172. The number of benzene rings is 1. The molecule has 156 valence electrons. The van der Waals surface area contributed by atoms with Crippen LogP contribution in [-0.2, 0) is 4.79 Å². The van der Waals surface area contributed by atoms with Gasteiger partial charge in [-0.1, -0.05) is 24.6 Å². The number of rotatable bonds is 7. The lowest BCUT2D eigenvalue weighted by Gasteiger charge is -2.36. The van der Waals surface area contributed by atoms with E-state index in [9.17, 15) is 9.59 Å². The van der Waals surface area contributed by atoms with Crippen molar-refractivity contribution in [1.82, 2.24) is 15.5 Å². The maximum atomic E-state index is 12.6. The number of hydrogen-bond acceptors (Lipinski definition) is 4. The summed E-state index contributed by atoms with van der Waals surface area (Å²) in [4.78, 5) is 28.7. The van der Waals surface area contributed by atoms with Crippen LogP contribution in [0.2, 0.25) is 5.02 Å². The number of amides is 2. The molecule has 0 spiro atoms. The van der Waals surface area contributed by atoms with Crippen LogP contribution in [0.1, 0.15) is 48.0 Å². The van der Waals surface area contributed by atoms with Crippen molar-refractivity contribution in [2.45, 2.75) is 38.8 Å². The maximum Gasteiger partial charge on any atom is 0.251 e. The van der Waals surface area contributed by atoms with Crippen molar-refractivity contribution in [3.63, 3.8) is 0 Å². The first-order valence-electron chi connectivity index (χ1n) is 10.1.